The molecule has 0 fully saturated rings. The van der Waals surface area contributed by atoms with Crippen LogP contribution in [0.25, 0.3) is 0 Å². The minimum absolute atomic E-state index is 0.419. The van der Waals surface area contributed by atoms with Gasteiger partial charge in [-0.3, -0.25) is 0 Å². The highest BCUT2D eigenvalue weighted by molar-refractivity contribution is 9.10. The first-order valence-corrected chi connectivity index (χ1v) is 4.88. The molecule has 60 valence electrons. The fraction of sp³-hybridized carbons (Fsp3) is 0.143. The molecular formula is C7H7BrO2S. The van der Waals surface area contributed by atoms with Crippen LogP contribution < -0.4 is 0 Å². The molecule has 11 heavy (non-hydrogen) atoms. The minimum Gasteiger partial charge on any atom is -0.302 e. The van der Waals surface area contributed by atoms with Crippen molar-refractivity contribution in [2.24, 2.45) is 0 Å². The highest BCUT2D eigenvalue weighted by Crippen LogP contribution is 2.18. The van der Waals surface area contributed by atoms with Crippen molar-refractivity contribution in [3.8, 4) is 0 Å². The number of benzene rings is 1. The molecule has 0 spiro atoms. The summed E-state index contributed by atoms with van der Waals surface area (Å²) in [5.74, 6) is 0. The molecule has 1 N–H and O–H groups in total. The zero-order valence-corrected chi connectivity index (χ0v) is 8.28. The van der Waals surface area contributed by atoms with Crippen molar-refractivity contribution in [3.05, 3.63) is 28.2 Å². The van der Waals surface area contributed by atoms with Crippen LogP contribution in [0.15, 0.2) is 27.6 Å². The number of halogens is 1. The Morgan fingerprint density at radius 1 is 1.55 bits per heavy atom. The Kier molecular flexibility index (Phi) is 2.81. The van der Waals surface area contributed by atoms with E-state index in [0.29, 0.717) is 4.90 Å². The van der Waals surface area contributed by atoms with Crippen molar-refractivity contribution in [2.75, 3.05) is 0 Å². The second-order valence-electron chi connectivity index (χ2n) is 2.16. The summed E-state index contributed by atoms with van der Waals surface area (Å²) >= 11 is 1.39. The van der Waals surface area contributed by atoms with Gasteiger partial charge >= 0.3 is 0 Å². The van der Waals surface area contributed by atoms with Gasteiger partial charge in [-0.05, 0) is 24.6 Å². The Labute approximate surface area is 76.0 Å². The maximum atomic E-state index is 10.6. The van der Waals surface area contributed by atoms with E-state index in [4.69, 9.17) is 4.55 Å². The summed E-state index contributed by atoms with van der Waals surface area (Å²) in [6.45, 7) is 1.92. The average molecular weight is 235 g/mol. The first kappa shape index (κ1) is 8.90. The van der Waals surface area contributed by atoms with Gasteiger partial charge in [0.2, 0.25) is 0 Å². The lowest BCUT2D eigenvalue weighted by atomic mass is 10.2. The van der Waals surface area contributed by atoms with Crippen molar-refractivity contribution < 1.29 is 8.76 Å². The molecule has 0 radical (unpaired) electrons. The van der Waals surface area contributed by atoms with Crippen LogP contribution in [0.2, 0.25) is 0 Å². The quantitative estimate of drug-likeness (QED) is 0.758. The van der Waals surface area contributed by atoms with Crippen LogP contribution in [0.1, 0.15) is 5.56 Å². The van der Waals surface area contributed by atoms with Gasteiger partial charge in [0.05, 0.1) is 4.90 Å². The van der Waals surface area contributed by atoms with E-state index in [-0.39, 0.29) is 0 Å². The maximum Gasteiger partial charge on any atom is 0.186 e. The molecule has 1 atom stereocenters. The van der Waals surface area contributed by atoms with Gasteiger partial charge in [-0.2, -0.15) is 0 Å². The summed E-state index contributed by atoms with van der Waals surface area (Å²) in [4.78, 5) is 0.419. The van der Waals surface area contributed by atoms with E-state index in [1.54, 1.807) is 18.2 Å². The summed E-state index contributed by atoms with van der Waals surface area (Å²) in [5, 5.41) is 0. The summed E-state index contributed by atoms with van der Waals surface area (Å²) < 4.78 is 20.1. The van der Waals surface area contributed by atoms with Gasteiger partial charge in [0.25, 0.3) is 0 Å². The number of rotatable bonds is 1. The Balaban J connectivity index is 3.15. The topological polar surface area (TPSA) is 37.3 Å². The average Bonchev–Trinajstić information content (AvgIpc) is 1.94. The summed E-state index contributed by atoms with van der Waals surface area (Å²) in [7, 11) is 0. The van der Waals surface area contributed by atoms with Gasteiger partial charge in [0, 0.05) is 4.47 Å². The molecule has 1 aromatic rings. The predicted molar refractivity (Wildman–Crippen MR) is 47.9 cm³/mol. The van der Waals surface area contributed by atoms with Gasteiger partial charge in [-0.1, -0.05) is 22.0 Å². The molecular weight excluding hydrogens is 228 g/mol. The molecule has 4 heteroatoms. The van der Waals surface area contributed by atoms with Crippen LogP contribution >= 0.6 is 15.9 Å². The SMILES string of the molecule is Cc1ccc(S(=O)O)cc1Br. The Hall–Kier alpha value is -0.190. The van der Waals surface area contributed by atoms with Crippen LogP contribution in [0, 0.1) is 6.92 Å². The standard InChI is InChI=1S/C7H7BrO2S/c1-5-2-3-6(11(9)10)4-7(5)8/h2-4H,1H3,(H,9,10). The number of hydrogen-bond acceptors (Lipinski definition) is 1. The Bertz CT molecular complexity index is 298. The normalized spacial score (nSPS) is 13.0. The van der Waals surface area contributed by atoms with Gasteiger partial charge in [0.15, 0.2) is 11.1 Å². The third-order valence-electron chi connectivity index (χ3n) is 1.34. The monoisotopic (exact) mass is 234 g/mol. The van der Waals surface area contributed by atoms with Crippen LogP contribution in [0.5, 0.6) is 0 Å². The molecule has 1 aromatic carbocycles. The highest BCUT2D eigenvalue weighted by Gasteiger charge is 2.01. The van der Waals surface area contributed by atoms with Crippen LogP contribution in [0.4, 0.5) is 0 Å². The Morgan fingerprint density at radius 3 is 2.64 bits per heavy atom. The van der Waals surface area contributed by atoms with Gasteiger partial charge in [-0.15, -0.1) is 0 Å². The van der Waals surface area contributed by atoms with Gasteiger partial charge in [0.1, 0.15) is 0 Å². The van der Waals surface area contributed by atoms with Crippen molar-refractivity contribution in [2.45, 2.75) is 11.8 Å². The fourth-order valence-corrected chi connectivity index (χ4v) is 1.62. The zero-order chi connectivity index (χ0) is 8.43. The first-order valence-electron chi connectivity index (χ1n) is 2.98. The molecule has 1 unspecified atom stereocenters. The van der Waals surface area contributed by atoms with Crippen LogP contribution in [0.3, 0.4) is 0 Å². The molecule has 2 nitrogen and oxygen atoms in total. The van der Waals surface area contributed by atoms with Crippen molar-refractivity contribution >= 4 is 27.0 Å². The van der Waals surface area contributed by atoms with Crippen molar-refractivity contribution in [3.63, 3.8) is 0 Å². The van der Waals surface area contributed by atoms with E-state index in [2.05, 4.69) is 15.9 Å². The molecule has 0 aliphatic rings. The molecule has 0 aliphatic carbocycles. The van der Waals surface area contributed by atoms with E-state index in [1.165, 1.54) is 0 Å². The molecule has 0 saturated heterocycles. The lowest BCUT2D eigenvalue weighted by Crippen LogP contribution is -1.88. The summed E-state index contributed by atoms with van der Waals surface area (Å²) in [6.07, 6.45) is 0. The van der Waals surface area contributed by atoms with Crippen molar-refractivity contribution in [1.82, 2.24) is 0 Å². The first-order chi connectivity index (χ1) is 5.11. The van der Waals surface area contributed by atoms with Crippen molar-refractivity contribution in [1.29, 1.82) is 0 Å². The van der Waals surface area contributed by atoms with Gasteiger partial charge in [-0.25, -0.2) is 4.21 Å². The molecule has 0 aliphatic heterocycles. The smallest absolute Gasteiger partial charge is 0.186 e. The van der Waals surface area contributed by atoms with Crippen LogP contribution in [-0.4, -0.2) is 8.76 Å². The molecule has 0 amide bonds. The van der Waals surface area contributed by atoms with E-state index in [1.807, 2.05) is 6.92 Å². The molecule has 1 rings (SSSR count). The molecule has 0 bridgehead atoms. The molecule has 0 aromatic heterocycles. The third-order valence-corrected chi connectivity index (χ3v) is 2.86. The van der Waals surface area contributed by atoms with Crippen LogP contribution in [-0.2, 0) is 11.1 Å². The lowest BCUT2D eigenvalue weighted by Gasteiger charge is -1.98. The van der Waals surface area contributed by atoms with E-state index in [0.717, 1.165) is 10.0 Å². The number of aryl methyl sites for hydroxylation is 1. The second-order valence-corrected chi connectivity index (χ2v) is 3.98. The molecule has 0 saturated carbocycles. The minimum atomic E-state index is -1.88. The molecule has 0 heterocycles. The summed E-state index contributed by atoms with van der Waals surface area (Å²) in [6, 6.07) is 5.08. The van der Waals surface area contributed by atoms with E-state index in [9.17, 15) is 4.21 Å². The predicted octanol–water partition coefficient (Wildman–Crippen LogP) is 2.34. The highest BCUT2D eigenvalue weighted by atomic mass is 79.9. The third kappa shape index (κ3) is 2.12. The van der Waals surface area contributed by atoms with E-state index < -0.39 is 11.1 Å². The number of hydrogen-bond donors (Lipinski definition) is 1. The zero-order valence-electron chi connectivity index (χ0n) is 5.87. The largest absolute Gasteiger partial charge is 0.302 e. The summed E-state index contributed by atoms with van der Waals surface area (Å²) in [5.41, 5.74) is 1.05. The van der Waals surface area contributed by atoms with E-state index >= 15 is 0 Å². The second kappa shape index (κ2) is 3.47. The fourth-order valence-electron chi connectivity index (χ4n) is 0.682. The lowest BCUT2D eigenvalue weighted by molar-refractivity contribution is 0.564. The maximum absolute atomic E-state index is 10.6. The Morgan fingerprint density at radius 2 is 2.18 bits per heavy atom. The van der Waals surface area contributed by atoms with Gasteiger partial charge < -0.3 is 4.55 Å².